The second kappa shape index (κ2) is 21.3. The number of pyridine rings is 1. The van der Waals surface area contributed by atoms with Crippen molar-refractivity contribution < 1.29 is 28.7 Å². The summed E-state index contributed by atoms with van der Waals surface area (Å²) in [6.07, 6.45) is 3.07. The summed E-state index contributed by atoms with van der Waals surface area (Å²) >= 11 is 12.8. The molecular formula is C50H58Cl2N8O7. The van der Waals surface area contributed by atoms with Crippen LogP contribution in [-0.4, -0.2) is 111 Å². The molecule has 67 heavy (non-hydrogen) atoms. The molecule has 0 spiro atoms. The first-order valence-corrected chi connectivity index (χ1v) is 23.1. The third-order valence-corrected chi connectivity index (χ3v) is 13.2. The van der Waals surface area contributed by atoms with Crippen molar-refractivity contribution >= 4 is 46.8 Å². The maximum atomic E-state index is 15.0. The molecule has 2 N–H and O–H groups in total. The van der Waals surface area contributed by atoms with Crippen LogP contribution in [0.5, 0.6) is 11.5 Å². The average Bonchev–Trinajstić information content (AvgIpc) is 3.65. The van der Waals surface area contributed by atoms with Gasteiger partial charge in [-0.15, -0.1) is 0 Å². The molecule has 0 saturated carbocycles. The number of amides is 4. The van der Waals surface area contributed by atoms with E-state index in [4.69, 9.17) is 32.7 Å². The van der Waals surface area contributed by atoms with E-state index in [2.05, 4.69) is 20.5 Å². The molecule has 4 atom stereocenters. The lowest BCUT2D eigenvalue weighted by Gasteiger charge is -2.45. The zero-order valence-corrected chi connectivity index (χ0v) is 40.3. The largest absolute Gasteiger partial charge is 0.457 e. The van der Waals surface area contributed by atoms with Crippen molar-refractivity contribution in [3.8, 4) is 22.8 Å². The molecule has 2 aliphatic rings. The van der Waals surface area contributed by atoms with Crippen LogP contribution >= 0.6 is 23.2 Å². The summed E-state index contributed by atoms with van der Waals surface area (Å²) in [6.45, 7) is 2.52. The fraction of sp³-hybridized carbons (Fsp3) is 0.400. The summed E-state index contributed by atoms with van der Waals surface area (Å²) in [6, 6.07) is 22.5. The Hall–Kier alpha value is -6.00. The molecule has 0 aliphatic carbocycles. The van der Waals surface area contributed by atoms with Gasteiger partial charge < -0.3 is 43.9 Å². The Balaban J connectivity index is 1.24. The molecular weight excluding hydrogens is 896 g/mol. The number of carbonyl (C=O) groups excluding carboxylic acids is 4. The van der Waals surface area contributed by atoms with Crippen LogP contribution in [0.15, 0.2) is 95.9 Å². The zero-order valence-electron chi connectivity index (χ0n) is 38.8. The lowest BCUT2D eigenvalue weighted by Crippen LogP contribution is -2.65. The van der Waals surface area contributed by atoms with Gasteiger partial charge in [0.05, 0.1) is 43.0 Å². The fourth-order valence-electron chi connectivity index (χ4n) is 8.98. The van der Waals surface area contributed by atoms with E-state index >= 15 is 9.59 Å². The number of hydrogen-bond donors (Lipinski definition) is 2. The Morgan fingerprint density at radius 2 is 1.63 bits per heavy atom. The highest BCUT2D eigenvalue weighted by molar-refractivity contribution is 6.31. The molecule has 17 heteroatoms. The SMILES string of the molecule is COC[C@@H]1NC(=O)[C@H](C)N(Cc2ccc(Cl)cc2Oc2ccc(-c3cnc(CN(C)C)n3C)cc2)C(=O)C[C@@H](Cc2cccc(=O)n2C)C(=O)N2CCC[C@@](Cc3ccc(Cl)cc3)(C2)NC1=O. The Kier molecular flexibility index (Phi) is 15.6. The minimum Gasteiger partial charge on any atom is -0.457 e. The zero-order chi connectivity index (χ0) is 48.0. The molecule has 354 valence electrons. The molecule has 2 bridgehead atoms. The van der Waals surface area contributed by atoms with Crippen molar-refractivity contribution in [3.05, 3.63) is 134 Å². The molecule has 0 radical (unpaired) electrons. The number of halogens is 2. The van der Waals surface area contributed by atoms with Gasteiger partial charge in [0.15, 0.2) is 0 Å². The molecule has 2 aromatic heterocycles. The van der Waals surface area contributed by atoms with E-state index in [1.54, 1.807) is 61.3 Å². The molecule has 7 rings (SSSR count). The van der Waals surface area contributed by atoms with Gasteiger partial charge >= 0.3 is 0 Å². The van der Waals surface area contributed by atoms with Gasteiger partial charge in [-0.05, 0) is 107 Å². The number of ether oxygens (including phenoxy) is 2. The number of carbonyl (C=O) groups is 4. The van der Waals surface area contributed by atoms with Crippen molar-refractivity contribution in [3.63, 3.8) is 0 Å². The first kappa shape index (κ1) is 48.9. The van der Waals surface area contributed by atoms with Crippen LogP contribution in [-0.2, 0) is 63.9 Å². The monoisotopic (exact) mass is 952 g/mol. The number of rotatable bonds is 13. The van der Waals surface area contributed by atoms with Crippen LogP contribution in [0, 0.1) is 5.92 Å². The van der Waals surface area contributed by atoms with Gasteiger partial charge in [0.2, 0.25) is 29.2 Å². The number of benzene rings is 3. The number of nitrogens with zero attached hydrogens (tertiary/aromatic N) is 6. The van der Waals surface area contributed by atoms with Crippen molar-refractivity contribution in [2.75, 3.05) is 40.9 Å². The molecule has 2 saturated heterocycles. The van der Waals surface area contributed by atoms with E-state index in [0.29, 0.717) is 65.2 Å². The lowest BCUT2D eigenvalue weighted by atomic mass is 9.82. The van der Waals surface area contributed by atoms with Gasteiger partial charge in [-0.3, -0.25) is 24.0 Å². The van der Waals surface area contributed by atoms with Crippen LogP contribution in [0.2, 0.25) is 10.0 Å². The van der Waals surface area contributed by atoms with Gasteiger partial charge in [0.1, 0.15) is 29.4 Å². The summed E-state index contributed by atoms with van der Waals surface area (Å²) in [7, 11) is 9.03. The third-order valence-electron chi connectivity index (χ3n) is 12.7. The molecule has 2 aliphatic heterocycles. The second-order valence-corrected chi connectivity index (χ2v) is 18.8. The van der Waals surface area contributed by atoms with Gasteiger partial charge in [-0.1, -0.05) is 47.5 Å². The normalized spacial score (nSPS) is 20.7. The number of methoxy groups -OCH3 is 1. The van der Waals surface area contributed by atoms with Crippen LogP contribution in [0.25, 0.3) is 11.3 Å². The standard InChI is InChI=1S/C50H58Cl2N8O7/c1-32-47(63)54-41(30-66-6)48(64)55-50(26-33-11-16-37(51)17-12-33)21-8-22-59(31-50)49(65)36(23-39-9-7-10-45(61)57(39)4)24-46(62)60(32)28-35-13-18-38(52)25-43(35)67-40-19-14-34(15-20-40)42-27-53-44(58(42)5)29-56(2)3/h7,9-20,25,27,32,36,41H,8,21-24,26,28-31H2,1-6H3,(H,54,63)(H,55,64)/t32-,36+,41-,50+/m0/s1. The molecule has 3 aromatic carbocycles. The smallest absolute Gasteiger partial charge is 0.250 e. The molecule has 5 aromatic rings. The topological polar surface area (TPSA) is 160 Å². The quantitative estimate of drug-likeness (QED) is 0.149. The van der Waals surface area contributed by atoms with E-state index < -0.39 is 41.3 Å². The minimum atomic E-state index is -1.15. The van der Waals surface area contributed by atoms with Crippen molar-refractivity contribution in [2.45, 2.75) is 69.7 Å². The maximum Gasteiger partial charge on any atom is 0.250 e. The van der Waals surface area contributed by atoms with Gasteiger partial charge in [-0.25, -0.2) is 4.98 Å². The van der Waals surface area contributed by atoms with E-state index in [1.165, 1.54) is 22.6 Å². The summed E-state index contributed by atoms with van der Waals surface area (Å²) in [5, 5.41) is 7.07. The molecule has 4 amide bonds. The van der Waals surface area contributed by atoms with Crippen LogP contribution in [0.4, 0.5) is 0 Å². The molecule has 4 heterocycles. The molecule has 0 unspecified atom stereocenters. The average molecular weight is 954 g/mol. The summed E-state index contributed by atoms with van der Waals surface area (Å²) in [5.74, 6) is -1.07. The first-order chi connectivity index (χ1) is 32.0. The van der Waals surface area contributed by atoms with Crippen molar-refractivity contribution in [2.24, 2.45) is 20.0 Å². The fourth-order valence-corrected chi connectivity index (χ4v) is 9.27. The van der Waals surface area contributed by atoms with E-state index in [9.17, 15) is 14.4 Å². The number of fused-ring (bicyclic) bond motifs is 2. The Labute approximate surface area is 400 Å². The highest BCUT2D eigenvalue weighted by Gasteiger charge is 2.43. The highest BCUT2D eigenvalue weighted by atomic mass is 35.5. The predicted octanol–water partition coefficient (Wildman–Crippen LogP) is 5.78. The Bertz CT molecular complexity index is 2650. The van der Waals surface area contributed by atoms with Crippen LogP contribution in [0.3, 0.4) is 0 Å². The van der Waals surface area contributed by atoms with Gasteiger partial charge in [0, 0.05) is 73.6 Å². The summed E-state index contributed by atoms with van der Waals surface area (Å²) < 4.78 is 15.4. The number of imidazole rings is 1. The van der Waals surface area contributed by atoms with Crippen LogP contribution < -0.4 is 20.9 Å². The highest BCUT2D eigenvalue weighted by Crippen LogP contribution is 2.34. The lowest BCUT2D eigenvalue weighted by molar-refractivity contribution is -0.148. The van der Waals surface area contributed by atoms with Crippen molar-refractivity contribution in [1.29, 1.82) is 0 Å². The van der Waals surface area contributed by atoms with E-state index in [1.807, 2.05) is 68.3 Å². The Morgan fingerprint density at radius 1 is 0.896 bits per heavy atom. The predicted molar refractivity (Wildman–Crippen MR) is 257 cm³/mol. The van der Waals surface area contributed by atoms with E-state index in [-0.39, 0.29) is 44.0 Å². The Morgan fingerprint density at radius 3 is 2.34 bits per heavy atom. The minimum absolute atomic E-state index is 0.0651. The van der Waals surface area contributed by atoms with Gasteiger partial charge in [-0.2, -0.15) is 0 Å². The van der Waals surface area contributed by atoms with Crippen molar-refractivity contribution in [1.82, 2.24) is 39.5 Å². The third kappa shape index (κ3) is 11.8. The van der Waals surface area contributed by atoms with E-state index in [0.717, 1.165) is 22.6 Å². The van der Waals surface area contributed by atoms with Gasteiger partial charge in [0.25, 0.3) is 0 Å². The number of nitrogens with one attached hydrogen (secondary N) is 2. The summed E-state index contributed by atoms with van der Waals surface area (Å²) in [5.41, 5.74) is 2.67. The summed E-state index contributed by atoms with van der Waals surface area (Å²) in [4.78, 5) is 81.5. The number of aromatic nitrogens is 3. The maximum absolute atomic E-state index is 15.0. The number of piperidine rings is 1. The molecule has 2 fully saturated rings. The number of hydrogen-bond acceptors (Lipinski definition) is 9. The van der Waals surface area contributed by atoms with Crippen LogP contribution in [0.1, 0.15) is 48.8 Å². The second-order valence-electron chi connectivity index (χ2n) is 17.9. The first-order valence-electron chi connectivity index (χ1n) is 22.3. The molecule has 15 nitrogen and oxygen atoms in total.